The highest BCUT2D eigenvalue weighted by atomic mass is 79.9. The lowest BCUT2D eigenvalue weighted by Crippen LogP contribution is -2.43. The van der Waals surface area contributed by atoms with Crippen LogP contribution in [0.5, 0.6) is 0 Å². The van der Waals surface area contributed by atoms with Crippen LogP contribution in [0.4, 0.5) is 5.69 Å². The van der Waals surface area contributed by atoms with Gasteiger partial charge in [0.05, 0.1) is 23.3 Å². The van der Waals surface area contributed by atoms with E-state index in [9.17, 15) is 13.2 Å². The van der Waals surface area contributed by atoms with Gasteiger partial charge < -0.3 is 5.32 Å². The van der Waals surface area contributed by atoms with E-state index in [1.165, 1.54) is 21.4 Å². The van der Waals surface area contributed by atoms with Crippen molar-refractivity contribution in [2.24, 2.45) is 13.0 Å². The average Bonchev–Trinajstić information content (AvgIpc) is 3.17. The smallest absolute Gasteiger partial charge is 0.246 e. The maximum absolute atomic E-state index is 12.9. The normalized spacial score (nSPS) is 18.1. The lowest BCUT2D eigenvalue weighted by molar-refractivity contribution is -0.120. The molecule has 1 atom stereocenters. The molecule has 0 unspecified atom stereocenters. The van der Waals surface area contributed by atoms with Crippen molar-refractivity contribution in [3.05, 3.63) is 47.3 Å². The van der Waals surface area contributed by atoms with E-state index in [0.29, 0.717) is 30.6 Å². The van der Waals surface area contributed by atoms with Crippen LogP contribution in [-0.2, 0) is 21.9 Å². The lowest BCUT2D eigenvalue weighted by atomic mass is 9.98. The molecular weight excluding hydrogens is 458 g/mol. The molecule has 1 fully saturated rings. The van der Waals surface area contributed by atoms with Crippen LogP contribution in [0.25, 0.3) is 10.9 Å². The zero-order valence-corrected chi connectivity index (χ0v) is 18.1. The number of nitrogens with one attached hydrogen (secondary N) is 1. The molecule has 3 heterocycles. The van der Waals surface area contributed by atoms with Gasteiger partial charge in [-0.2, -0.15) is 9.40 Å². The van der Waals surface area contributed by atoms with Gasteiger partial charge in [-0.15, -0.1) is 0 Å². The van der Waals surface area contributed by atoms with E-state index in [4.69, 9.17) is 0 Å². The Balaban J connectivity index is 1.53. The molecule has 8 nitrogen and oxygen atoms in total. The van der Waals surface area contributed by atoms with Crippen LogP contribution in [0, 0.1) is 5.92 Å². The van der Waals surface area contributed by atoms with Crippen LogP contribution < -0.4 is 5.32 Å². The predicted octanol–water partition coefficient (Wildman–Crippen LogP) is 2.77. The maximum Gasteiger partial charge on any atom is 0.246 e. The molecule has 1 amide bonds. The van der Waals surface area contributed by atoms with E-state index in [1.54, 1.807) is 19.3 Å². The Morgan fingerprint density at radius 2 is 2.14 bits per heavy atom. The number of nitrogens with zero attached hydrogens (tertiary/aromatic N) is 4. The SMILES string of the molecule is Cn1cc(S(=O)(=O)N2CCC[C@@H](C(=O)Nc3ccc(Br)c4cccnc34)C2)cn1. The summed E-state index contributed by atoms with van der Waals surface area (Å²) in [5.74, 6) is -0.636. The predicted molar refractivity (Wildman–Crippen MR) is 113 cm³/mol. The van der Waals surface area contributed by atoms with Crippen molar-refractivity contribution in [3.63, 3.8) is 0 Å². The molecule has 2 aromatic heterocycles. The number of hydrogen-bond donors (Lipinski definition) is 1. The first kappa shape index (κ1) is 20.0. The van der Waals surface area contributed by atoms with Crippen molar-refractivity contribution >= 4 is 48.5 Å². The molecule has 10 heteroatoms. The van der Waals surface area contributed by atoms with Gasteiger partial charge >= 0.3 is 0 Å². The van der Waals surface area contributed by atoms with Crippen LogP contribution in [-0.4, -0.2) is 46.5 Å². The van der Waals surface area contributed by atoms with E-state index in [2.05, 4.69) is 31.3 Å². The number of rotatable bonds is 4. The molecular formula is C19H20BrN5O3S. The number of carbonyl (C=O) groups is 1. The van der Waals surface area contributed by atoms with Crippen LogP contribution in [0.1, 0.15) is 12.8 Å². The second kappa shape index (κ2) is 7.85. The van der Waals surface area contributed by atoms with Crippen LogP contribution in [0.15, 0.2) is 52.2 Å². The number of pyridine rings is 1. The largest absolute Gasteiger partial charge is 0.324 e. The van der Waals surface area contributed by atoms with Gasteiger partial charge in [0.1, 0.15) is 4.90 Å². The number of benzene rings is 1. The number of carbonyl (C=O) groups excluding carboxylic acids is 1. The molecule has 3 aromatic rings. The molecule has 0 aliphatic carbocycles. The minimum atomic E-state index is -3.67. The molecule has 1 aliphatic heterocycles. The number of halogens is 1. The minimum absolute atomic E-state index is 0.143. The molecule has 0 bridgehead atoms. The fourth-order valence-corrected chi connectivity index (χ4v) is 5.49. The molecule has 1 aliphatic rings. The van der Waals surface area contributed by atoms with Crippen LogP contribution >= 0.6 is 15.9 Å². The number of sulfonamides is 1. The molecule has 1 saturated heterocycles. The second-order valence-electron chi connectivity index (χ2n) is 7.04. The molecule has 1 N–H and O–H groups in total. The van der Waals surface area contributed by atoms with Gasteiger partial charge in [0.2, 0.25) is 15.9 Å². The van der Waals surface area contributed by atoms with Crippen molar-refractivity contribution < 1.29 is 13.2 Å². The first-order valence-electron chi connectivity index (χ1n) is 9.19. The highest BCUT2D eigenvalue weighted by Gasteiger charge is 2.34. The summed E-state index contributed by atoms with van der Waals surface area (Å²) < 4.78 is 29.4. The number of anilines is 1. The van der Waals surface area contributed by atoms with Crippen molar-refractivity contribution in [1.29, 1.82) is 0 Å². The van der Waals surface area contributed by atoms with E-state index in [1.807, 2.05) is 18.2 Å². The standard InChI is InChI=1S/C19H20BrN5O3S/c1-24-12-14(10-22-24)29(27,28)25-9-3-4-13(11-25)19(26)23-17-7-6-16(20)15-5-2-8-21-18(15)17/h2,5-8,10,12-13H,3-4,9,11H2,1H3,(H,23,26)/t13-/m1/s1. The maximum atomic E-state index is 12.9. The molecule has 1 aromatic carbocycles. The summed E-state index contributed by atoms with van der Waals surface area (Å²) in [5, 5.41) is 7.78. The average molecular weight is 478 g/mol. The van der Waals surface area contributed by atoms with E-state index >= 15 is 0 Å². The second-order valence-corrected chi connectivity index (χ2v) is 9.83. The van der Waals surface area contributed by atoms with Crippen LogP contribution in [0.3, 0.4) is 0 Å². The zero-order chi connectivity index (χ0) is 20.6. The van der Waals surface area contributed by atoms with E-state index in [-0.39, 0.29) is 17.3 Å². The highest BCUT2D eigenvalue weighted by molar-refractivity contribution is 9.10. The van der Waals surface area contributed by atoms with Gasteiger partial charge in [-0.3, -0.25) is 14.5 Å². The number of aromatic nitrogens is 3. The third-order valence-corrected chi connectivity index (χ3v) is 7.56. The summed E-state index contributed by atoms with van der Waals surface area (Å²) in [7, 11) is -2.00. The fraction of sp³-hybridized carbons (Fsp3) is 0.316. The summed E-state index contributed by atoms with van der Waals surface area (Å²) in [4.78, 5) is 17.4. The van der Waals surface area contributed by atoms with Gasteiger partial charge in [0.15, 0.2) is 0 Å². The van der Waals surface area contributed by atoms with Crippen LogP contribution in [0.2, 0.25) is 0 Å². The Bertz CT molecular complexity index is 1180. The third-order valence-electron chi connectivity index (χ3n) is 5.05. The number of amides is 1. The minimum Gasteiger partial charge on any atom is -0.324 e. The number of hydrogen-bond acceptors (Lipinski definition) is 5. The molecule has 29 heavy (non-hydrogen) atoms. The molecule has 4 rings (SSSR count). The molecule has 152 valence electrons. The first-order valence-corrected chi connectivity index (χ1v) is 11.4. The topological polar surface area (TPSA) is 97.2 Å². The van der Waals surface area contributed by atoms with Crippen molar-refractivity contribution in [2.45, 2.75) is 17.7 Å². The van der Waals surface area contributed by atoms with Gasteiger partial charge in [-0.1, -0.05) is 22.0 Å². The Kier molecular flexibility index (Phi) is 5.41. The van der Waals surface area contributed by atoms with Gasteiger partial charge in [-0.05, 0) is 31.0 Å². The van der Waals surface area contributed by atoms with Crippen molar-refractivity contribution in [1.82, 2.24) is 19.1 Å². The third kappa shape index (κ3) is 3.92. The summed E-state index contributed by atoms with van der Waals surface area (Å²) in [5.41, 5.74) is 1.30. The molecule has 0 saturated carbocycles. The Labute approximate surface area is 177 Å². The zero-order valence-electron chi connectivity index (χ0n) is 15.7. The lowest BCUT2D eigenvalue weighted by Gasteiger charge is -2.30. The fourth-order valence-electron chi connectivity index (χ4n) is 3.53. The Morgan fingerprint density at radius 1 is 1.31 bits per heavy atom. The molecule has 0 radical (unpaired) electrons. The van der Waals surface area contributed by atoms with Crippen molar-refractivity contribution in [3.8, 4) is 0 Å². The monoisotopic (exact) mass is 477 g/mol. The van der Waals surface area contributed by atoms with E-state index < -0.39 is 15.9 Å². The van der Waals surface area contributed by atoms with Gasteiger partial charge in [-0.25, -0.2) is 8.42 Å². The number of piperidine rings is 1. The first-order chi connectivity index (χ1) is 13.9. The van der Waals surface area contributed by atoms with E-state index in [0.717, 1.165) is 9.86 Å². The summed E-state index contributed by atoms with van der Waals surface area (Å²) in [6.07, 6.45) is 5.73. The summed E-state index contributed by atoms with van der Waals surface area (Å²) in [6.45, 7) is 0.536. The molecule has 0 spiro atoms. The number of aryl methyl sites for hydroxylation is 1. The Morgan fingerprint density at radius 3 is 2.90 bits per heavy atom. The van der Waals surface area contributed by atoms with Crippen molar-refractivity contribution in [2.75, 3.05) is 18.4 Å². The Hall–Kier alpha value is -2.30. The summed E-state index contributed by atoms with van der Waals surface area (Å²) in [6, 6.07) is 7.41. The van der Waals surface area contributed by atoms with Gasteiger partial charge in [0.25, 0.3) is 0 Å². The quantitative estimate of drug-likeness (QED) is 0.622. The van der Waals surface area contributed by atoms with Gasteiger partial charge in [0, 0.05) is 42.4 Å². The highest BCUT2D eigenvalue weighted by Crippen LogP contribution is 2.30. The summed E-state index contributed by atoms with van der Waals surface area (Å²) >= 11 is 3.49. The number of fused-ring (bicyclic) bond motifs is 1.